The first-order valence-corrected chi connectivity index (χ1v) is 8.31. The fraction of sp³-hybridized carbons (Fsp3) is 0.667. The van der Waals surface area contributed by atoms with Crippen LogP contribution in [-0.2, 0) is 4.79 Å². The van der Waals surface area contributed by atoms with Crippen molar-refractivity contribution >= 4 is 17.2 Å². The van der Waals surface area contributed by atoms with E-state index in [4.69, 9.17) is 0 Å². The number of likely N-dealkylation sites (tertiary alicyclic amines) is 1. The fourth-order valence-corrected chi connectivity index (χ4v) is 4.99. The summed E-state index contributed by atoms with van der Waals surface area (Å²) in [5.74, 6) is 0.662. The topological polar surface area (TPSA) is 32.3 Å². The van der Waals surface area contributed by atoms with Gasteiger partial charge < -0.3 is 10.2 Å². The Bertz CT molecular complexity index is 472. The van der Waals surface area contributed by atoms with Crippen LogP contribution in [0.25, 0.3) is 0 Å². The van der Waals surface area contributed by atoms with Crippen LogP contribution in [-0.4, -0.2) is 29.4 Å². The molecule has 1 N–H and O–H groups in total. The van der Waals surface area contributed by atoms with E-state index in [9.17, 15) is 4.79 Å². The molecule has 4 unspecified atom stereocenters. The Labute approximate surface area is 118 Å². The zero-order chi connectivity index (χ0) is 12.8. The van der Waals surface area contributed by atoms with Gasteiger partial charge in [0.1, 0.15) is 0 Å². The summed E-state index contributed by atoms with van der Waals surface area (Å²) in [4.78, 5) is 16.4. The minimum atomic E-state index is 0.249. The monoisotopic (exact) mass is 276 g/mol. The molecule has 0 aromatic carbocycles. The summed E-state index contributed by atoms with van der Waals surface area (Å²) in [5, 5.41) is 5.71. The minimum Gasteiger partial charge on any atom is -0.335 e. The van der Waals surface area contributed by atoms with E-state index in [1.54, 1.807) is 11.3 Å². The van der Waals surface area contributed by atoms with Gasteiger partial charge in [-0.1, -0.05) is 6.07 Å². The molecule has 3 fully saturated rings. The third-order valence-electron chi connectivity index (χ3n) is 5.02. The highest BCUT2D eigenvalue weighted by Crippen LogP contribution is 2.40. The average Bonchev–Trinajstić information content (AvgIpc) is 3.17. The molecular formula is C15H20N2OS. The fourth-order valence-electron chi connectivity index (χ4n) is 4.12. The van der Waals surface area contributed by atoms with Crippen molar-refractivity contribution in [2.24, 2.45) is 5.92 Å². The molecule has 3 aliphatic rings. The average molecular weight is 276 g/mol. The number of nitrogens with one attached hydrogen (secondary N) is 1. The molecule has 0 spiro atoms. The van der Waals surface area contributed by atoms with Crippen LogP contribution in [0.2, 0.25) is 0 Å². The van der Waals surface area contributed by atoms with E-state index in [1.807, 2.05) is 0 Å². The van der Waals surface area contributed by atoms with Crippen molar-refractivity contribution in [1.29, 1.82) is 0 Å². The van der Waals surface area contributed by atoms with Gasteiger partial charge in [0.05, 0.1) is 12.0 Å². The zero-order valence-electron chi connectivity index (χ0n) is 11.0. The second-order valence-corrected chi connectivity index (χ2v) is 7.07. The molecule has 0 aliphatic carbocycles. The van der Waals surface area contributed by atoms with Crippen LogP contribution >= 0.6 is 11.3 Å². The van der Waals surface area contributed by atoms with E-state index in [-0.39, 0.29) is 5.92 Å². The Morgan fingerprint density at radius 3 is 3.00 bits per heavy atom. The lowest BCUT2D eigenvalue weighted by molar-refractivity contribution is -0.137. The summed E-state index contributed by atoms with van der Waals surface area (Å²) < 4.78 is 0. The van der Waals surface area contributed by atoms with Crippen molar-refractivity contribution in [3.63, 3.8) is 0 Å². The molecule has 0 saturated carbocycles. The maximum Gasteiger partial charge on any atom is 0.227 e. The molecule has 4 heteroatoms. The molecule has 0 radical (unpaired) electrons. The highest BCUT2D eigenvalue weighted by molar-refractivity contribution is 7.10. The van der Waals surface area contributed by atoms with E-state index in [0.717, 1.165) is 25.8 Å². The molecule has 102 valence electrons. The predicted octanol–water partition coefficient (Wildman–Crippen LogP) is 2.55. The number of rotatable bonds is 2. The largest absolute Gasteiger partial charge is 0.335 e. The van der Waals surface area contributed by atoms with Gasteiger partial charge in [-0.25, -0.2) is 0 Å². The maximum atomic E-state index is 12.8. The van der Waals surface area contributed by atoms with Crippen molar-refractivity contribution < 1.29 is 4.79 Å². The molecule has 2 bridgehead atoms. The van der Waals surface area contributed by atoms with Gasteiger partial charge in [0.25, 0.3) is 0 Å². The first-order valence-electron chi connectivity index (χ1n) is 7.43. The lowest BCUT2D eigenvalue weighted by Crippen LogP contribution is -2.40. The lowest BCUT2D eigenvalue weighted by Gasteiger charge is -2.29. The van der Waals surface area contributed by atoms with Crippen molar-refractivity contribution in [2.45, 2.75) is 50.2 Å². The van der Waals surface area contributed by atoms with Crippen LogP contribution in [0.1, 0.15) is 43.0 Å². The van der Waals surface area contributed by atoms with Gasteiger partial charge in [0.2, 0.25) is 5.91 Å². The summed E-state index contributed by atoms with van der Waals surface area (Å²) in [5.41, 5.74) is 0. The van der Waals surface area contributed by atoms with Crippen LogP contribution in [0.4, 0.5) is 0 Å². The van der Waals surface area contributed by atoms with Crippen molar-refractivity contribution in [3.05, 3.63) is 22.4 Å². The summed E-state index contributed by atoms with van der Waals surface area (Å²) >= 11 is 1.79. The summed E-state index contributed by atoms with van der Waals surface area (Å²) in [6, 6.07) is 5.70. The first kappa shape index (κ1) is 11.9. The SMILES string of the molecule is O=C(C1CC2CCC1N2)N1CCCC1c1cccs1. The maximum absolute atomic E-state index is 12.8. The Kier molecular flexibility index (Phi) is 2.88. The van der Waals surface area contributed by atoms with Gasteiger partial charge in [-0.2, -0.15) is 0 Å². The second-order valence-electron chi connectivity index (χ2n) is 6.09. The van der Waals surface area contributed by atoms with Gasteiger partial charge in [-0.05, 0) is 43.6 Å². The standard InChI is InChI=1S/C15H20N2OS/c18-15(11-9-10-5-6-12(11)16-10)17-7-1-3-13(17)14-4-2-8-19-14/h2,4,8,10-13,16H,1,3,5-7,9H2. The second kappa shape index (κ2) is 4.60. The smallest absolute Gasteiger partial charge is 0.227 e. The Hall–Kier alpha value is -0.870. The molecule has 4 heterocycles. The lowest BCUT2D eigenvalue weighted by atomic mass is 9.88. The number of thiophene rings is 1. The molecule has 3 nitrogen and oxygen atoms in total. The Morgan fingerprint density at radius 2 is 2.32 bits per heavy atom. The number of hydrogen-bond donors (Lipinski definition) is 1. The predicted molar refractivity (Wildman–Crippen MR) is 76.1 cm³/mol. The number of nitrogens with zero attached hydrogens (tertiary/aromatic N) is 1. The summed E-state index contributed by atoms with van der Waals surface area (Å²) in [7, 11) is 0. The molecule has 4 atom stereocenters. The Morgan fingerprint density at radius 1 is 1.37 bits per heavy atom. The molecule has 1 aromatic heterocycles. The molecule has 1 aromatic rings. The zero-order valence-corrected chi connectivity index (χ0v) is 11.9. The normalized spacial score (nSPS) is 37.2. The highest BCUT2D eigenvalue weighted by Gasteiger charge is 2.46. The first-order chi connectivity index (χ1) is 9.33. The van der Waals surface area contributed by atoms with Gasteiger partial charge in [0.15, 0.2) is 0 Å². The number of fused-ring (bicyclic) bond motifs is 2. The molecule has 4 rings (SSSR count). The van der Waals surface area contributed by atoms with E-state index in [0.29, 0.717) is 24.0 Å². The van der Waals surface area contributed by atoms with Crippen LogP contribution in [0.5, 0.6) is 0 Å². The quantitative estimate of drug-likeness (QED) is 0.900. The summed E-state index contributed by atoms with van der Waals surface area (Å²) in [6.45, 7) is 0.954. The molecule has 19 heavy (non-hydrogen) atoms. The number of carbonyl (C=O) groups is 1. The van der Waals surface area contributed by atoms with Gasteiger partial charge in [-0.15, -0.1) is 11.3 Å². The molecule has 3 saturated heterocycles. The third-order valence-corrected chi connectivity index (χ3v) is 6.00. The van der Waals surface area contributed by atoms with Crippen molar-refractivity contribution in [3.8, 4) is 0 Å². The third kappa shape index (κ3) is 1.93. The van der Waals surface area contributed by atoms with Gasteiger partial charge >= 0.3 is 0 Å². The minimum absolute atomic E-state index is 0.249. The van der Waals surface area contributed by atoms with Crippen molar-refractivity contribution in [2.75, 3.05) is 6.54 Å². The van der Waals surface area contributed by atoms with E-state index in [2.05, 4.69) is 27.7 Å². The van der Waals surface area contributed by atoms with E-state index >= 15 is 0 Å². The number of carbonyl (C=O) groups excluding carboxylic acids is 1. The molecule has 1 amide bonds. The van der Waals surface area contributed by atoms with Crippen LogP contribution in [0.3, 0.4) is 0 Å². The van der Waals surface area contributed by atoms with Crippen LogP contribution in [0, 0.1) is 5.92 Å². The van der Waals surface area contributed by atoms with Gasteiger partial charge in [0, 0.05) is 23.5 Å². The van der Waals surface area contributed by atoms with E-state index in [1.165, 1.54) is 17.7 Å². The molecule has 3 aliphatic heterocycles. The highest BCUT2D eigenvalue weighted by atomic mass is 32.1. The van der Waals surface area contributed by atoms with Crippen molar-refractivity contribution in [1.82, 2.24) is 10.2 Å². The molecular weight excluding hydrogens is 256 g/mol. The number of hydrogen-bond acceptors (Lipinski definition) is 3. The van der Waals surface area contributed by atoms with Gasteiger partial charge in [-0.3, -0.25) is 4.79 Å². The van der Waals surface area contributed by atoms with Crippen LogP contribution in [0.15, 0.2) is 17.5 Å². The summed E-state index contributed by atoms with van der Waals surface area (Å²) in [6.07, 6.45) is 5.82. The number of amides is 1. The van der Waals surface area contributed by atoms with Crippen LogP contribution < -0.4 is 5.32 Å². The Balaban J connectivity index is 1.53. The van der Waals surface area contributed by atoms with E-state index < -0.39 is 0 Å².